The highest BCUT2D eigenvalue weighted by Crippen LogP contribution is 2.38. The Morgan fingerprint density at radius 1 is 1.02 bits per heavy atom. The van der Waals surface area contributed by atoms with Crippen LogP contribution in [0.15, 0.2) is 76.3 Å². The van der Waals surface area contributed by atoms with Gasteiger partial charge in [-0.15, -0.1) is 0 Å². The van der Waals surface area contributed by atoms with Crippen LogP contribution < -0.4 is 18.9 Å². The molecule has 3 aromatic rings. The smallest absolute Gasteiger partial charge is 0.283 e. The minimum absolute atomic E-state index is 0.0672. The summed E-state index contributed by atoms with van der Waals surface area (Å²) in [6, 6.07) is 18.8. The molecule has 0 aliphatic carbocycles. The zero-order chi connectivity index (χ0) is 30.5. The molecule has 0 aromatic heterocycles. The van der Waals surface area contributed by atoms with E-state index in [9.17, 15) is 4.79 Å². The molecule has 2 heterocycles. The first-order valence-corrected chi connectivity index (χ1v) is 14.8. The van der Waals surface area contributed by atoms with Gasteiger partial charge in [-0.3, -0.25) is 10.2 Å². The van der Waals surface area contributed by atoms with E-state index in [2.05, 4.69) is 36.1 Å². The number of para-hydroxylation sites is 1. The Balaban J connectivity index is 1.26. The molecule has 0 saturated carbocycles. The highest BCUT2D eigenvalue weighted by Gasteiger charge is 2.36. The van der Waals surface area contributed by atoms with Gasteiger partial charge in [0.2, 0.25) is 5.17 Å². The number of thioether (sulfide) groups is 1. The third kappa shape index (κ3) is 7.03. The van der Waals surface area contributed by atoms with Crippen LogP contribution in [0.1, 0.15) is 36.5 Å². The molecule has 1 N–H and O–H groups in total. The van der Waals surface area contributed by atoms with Crippen molar-refractivity contribution in [3.05, 3.63) is 87.9 Å². The van der Waals surface area contributed by atoms with Crippen LogP contribution in [0, 0.1) is 12.3 Å². The summed E-state index contributed by atoms with van der Waals surface area (Å²) < 4.78 is 23.3. The van der Waals surface area contributed by atoms with Crippen molar-refractivity contribution in [1.82, 2.24) is 5.01 Å². The molecular formula is C32H31ClN4O5S. The fraction of sp³-hybridized carbons (Fsp3) is 0.250. The largest absolute Gasteiger partial charge is 0.493 e. The number of ether oxygens (including phenoxy) is 4. The van der Waals surface area contributed by atoms with E-state index in [1.54, 1.807) is 12.1 Å². The molecule has 0 fully saturated rings. The number of fused-ring (bicyclic) bond motifs is 1. The van der Waals surface area contributed by atoms with Crippen LogP contribution in [0.2, 0.25) is 5.02 Å². The van der Waals surface area contributed by atoms with Crippen LogP contribution in [0.5, 0.6) is 23.0 Å². The molecule has 11 heteroatoms. The maximum absolute atomic E-state index is 12.9. The highest BCUT2D eigenvalue weighted by molar-refractivity contribution is 8.27. The number of benzene rings is 3. The van der Waals surface area contributed by atoms with Crippen molar-refractivity contribution in [3.63, 3.8) is 0 Å². The van der Waals surface area contributed by atoms with Crippen molar-refractivity contribution in [3.8, 4) is 23.0 Å². The number of aliphatic imine (C=N–C) groups is 1. The van der Waals surface area contributed by atoms with Crippen molar-refractivity contribution in [2.24, 2.45) is 10.1 Å². The van der Waals surface area contributed by atoms with Crippen LogP contribution in [0.25, 0.3) is 6.08 Å². The fourth-order valence-corrected chi connectivity index (χ4v) is 5.49. The maximum atomic E-state index is 12.9. The van der Waals surface area contributed by atoms with E-state index in [1.807, 2.05) is 43.3 Å². The van der Waals surface area contributed by atoms with Crippen molar-refractivity contribution in [2.45, 2.75) is 26.7 Å². The lowest BCUT2D eigenvalue weighted by atomic mass is 10.0. The summed E-state index contributed by atoms with van der Waals surface area (Å²) in [5, 5.41) is 15.6. The van der Waals surface area contributed by atoms with Gasteiger partial charge in [-0.25, -0.2) is 0 Å². The van der Waals surface area contributed by atoms with Crippen LogP contribution in [0.4, 0.5) is 0 Å². The third-order valence-corrected chi connectivity index (χ3v) is 7.71. The zero-order valence-corrected chi connectivity index (χ0v) is 25.8. The summed E-state index contributed by atoms with van der Waals surface area (Å²) in [6.07, 6.45) is 1.54. The van der Waals surface area contributed by atoms with E-state index in [-0.39, 0.29) is 24.6 Å². The number of hydrazone groups is 1. The SMILES string of the molecule is COc1cc(C=C2C(=N)N3N=C(COc4ccccc4)SC3=NC2=O)cc(Cl)c1OCCOc1cc(C)ccc1C(C)C. The number of carbonyl (C=O) groups is 1. The first kappa shape index (κ1) is 30.2. The van der Waals surface area contributed by atoms with Gasteiger partial charge < -0.3 is 18.9 Å². The summed E-state index contributed by atoms with van der Waals surface area (Å²) in [6.45, 7) is 7.02. The van der Waals surface area contributed by atoms with E-state index < -0.39 is 5.91 Å². The van der Waals surface area contributed by atoms with E-state index >= 15 is 0 Å². The summed E-state index contributed by atoms with van der Waals surface area (Å²) >= 11 is 7.78. The van der Waals surface area contributed by atoms with Crippen LogP contribution >= 0.6 is 23.4 Å². The molecule has 2 aliphatic rings. The monoisotopic (exact) mass is 618 g/mol. The molecule has 0 atom stereocenters. The second kappa shape index (κ2) is 13.4. The lowest BCUT2D eigenvalue weighted by Crippen LogP contribution is -2.35. The van der Waals surface area contributed by atoms with E-state index in [0.717, 1.165) is 16.9 Å². The van der Waals surface area contributed by atoms with Gasteiger partial charge in [-0.05, 0) is 77.7 Å². The Bertz CT molecular complexity index is 1640. The third-order valence-electron chi connectivity index (χ3n) is 6.54. The minimum Gasteiger partial charge on any atom is -0.493 e. The van der Waals surface area contributed by atoms with Crippen LogP contribution in [-0.4, -0.2) is 53.9 Å². The number of methoxy groups -OCH3 is 1. The number of rotatable bonds is 11. The van der Waals surface area contributed by atoms with Gasteiger partial charge >= 0.3 is 0 Å². The Hall–Kier alpha value is -4.28. The van der Waals surface area contributed by atoms with Gasteiger partial charge in [-0.2, -0.15) is 15.1 Å². The highest BCUT2D eigenvalue weighted by atomic mass is 35.5. The molecular weight excluding hydrogens is 588 g/mol. The first-order chi connectivity index (χ1) is 20.7. The van der Waals surface area contributed by atoms with Crippen molar-refractivity contribution in [2.75, 3.05) is 26.9 Å². The molecule has 0 spiro atoms. The minimum atomic E-state index is -0.548. The second-order valence-corrected chi connectivity index (χ2v) is 11.5. The second-order valence-electron chi connectivity index (χ2n) is 10.0. The van der Waals surface area contributed by atoms with Gasteiger partial charge in [0, 0.05) is 0 Å². The predicted octanol–water partition coefficient (Wildman–Crippen LogP) is 6.94. The molecule has 0 bridgehead atoms. The number of halogens is 1. The molecule has 0 radical (unpaired) electrons. The molecule has 9 nitrogen and oxygen atoms in total. The van der Waals surface area contributed by atoms with Crippen LogP contribution in [-0.2, 0) is 4.79 Å². The number of amides is 1. The molecule has 0 saturated heterocycles. The van der Waals surface area contributed by atoms with E-state index in [4.69, 9.17) is 36.0 Å². The number of nitrogens with one attached hydrogen (secondary N) is 1. The molecule has 0 unspecified atom stereocenters. The summed E-state index contributed by atoms with van der Waals surface area (Å²) in [4.78, 5) is 17.0. The number of nitrogens with zero attached hydrogens (tertiary/aromatic N) is 3. The van der Waals surface area contributed by atoms with E-state index in [1.165, 1.54) is 30.0 Å². The van der Waals surface area contributed by atoms with Gasteiger partial charge in [-0.1, -0.05) is 55.8 Å². The average molecular weight is 619 g/mol. The summed E-state index contributed by atoms with van der Waals surface area (Å²) in [7, 11) is 1.51. The molecule has 5 rings (SSSR count). The quantitative estimate of drug-likeness (QED) is 0.183. The van der Waals surface area contributed by atoms with Gasteiger partial charge in [0.05, 0.1) is 17.7 Å². The summed E-state index contributed by atoms with van der Waals surface area (Å²) in [5.41, 5.74) is 2.86. The zero-order valence-electron chi connectivity index (χ0n) is 24.2. The Labute approximate surface area is 259 Å². The summed E-state index contributed by atoms with van der Waals surface area (Å²) in [5.74, 6) is 1.95. The molecule has 1 amide bonds. The number of hydrogen-bond acceptors (Lipinski definition) is 8. The maximum Gasteiger partial charge on any atom is 0.283 e. The lowest BCUT2D eigenvalue weighted by Gasteiger charge is -2.20. The van der Waals surface area contributed by atoms with Gasteiger partial charge in [0.15, 0.2) is 17.3 Å². The normalized spacial score (nSPS) is 15.4. The Morgan fingerprint density at radius 2 is 1.79 bits per heavy atom. The number of aryl methyl sites for hydroxylation is 1. The van der Waals surface area contributed by atoms with Crippen molar-refractivity contribution < 1.29 is 23.7 Å². The average Bonchev–Trinajstić information content (AvgIpc) is 3.40. The topological polar surface area (TPSA) is 106 Å². The predicted molar refractivity (Wildman–Crippen MR) is 171 cm³/mol. The molecule has 43 heavy (non-hydrogen) atoms. The van der Waals surface area contributed by atoms with E-state index in [0.29, 0.717) is 50.6 Å². The molecule has 2 aliphatic heterocycles. The van der Waals surface area contributed by atoms with Crippen LogP contribution in [0.3, 0.4) is 0 Å². The standard InChI is InChI=1S/C32H31ClN4O5S/c1-19(2)23-11-10-20(3)14-26(23)40-12-13-41-29-25(33)16-21(17-27(29)39-4)15-24-30(34)37-32(35-31(24)38)43-28(36-37)18-42-22-8-6-5-7-9-22/h5-11,14-17,19,34H,12-13,18H2,1-4H3. The number of amidine groups is 2. The first-order valence-electron chi connectivity index (χ1n) is 13.6. The fourth-order valence-electron chi connectivity index (χ4n) is 4.42. The molecule has 3 aromatic carbocycles. The lowest BCUT2D eigenvalue weighted by molar-refractivity contribution is -0.114. The van der Waals surface area contributed by atoms with Gasteiger partial charge in [0.1, 0.15) is 36.4 Å². The number of hydrogen-bond donors (Lipinski definition) is 1. The Morgan fingerprint density at radius 3 is 2.53 bits per heavy atom. The molecule has 222 valence electrons. The Kier molecular flexibility index (Phi) is 9.37. The van der Waals surface area contributed by atoms with Crippen molar-refractivity contribution >= 4 is 51.4 Å². The number of carbonyl (C=O) groups excluding carboxylic acids is 1. The van der Waals surface area contributed by atoms with Crippen molar-refractivity contribution in [1.29, 1.82) is 5.41 Å². The van der Waals surface area contributed by atoms with Gasteiger partial charge in [0.25, 0.3) is 5.91 Å².